The van der Waals surface area contributed by atoms with Crippen LogP contribution < -0.4 is 14.8 Å². The minimum atomic E-state index is 0.248. The van der Waals surface area contributed by atoms with Crippen LogP contribution in [0, 0.1) is 5.92 Å². The third-order valence-electron chi connectivity index (χ3n) is 3.74. The van der Waals surface area contributed by atoms with Crippen molar-refractivity contribution in [2.75, 3.05) is 11.9 Å². The average Bonchev–Trinajstić information content (AvgIpc) is 2.59. The zero-order valence-corrected chi connectivity index (χ0v) is 15.2. The Labute approximate surface area is 146 Å². The van der Waals surface area contributed by atoms with E-state index in [0.717, 1.165) is 36.8 Å². The summed E-state index contributed by atoms with van der Waals surface area (Å²) in [4.78, 5) is 0. The number of nitrogens with one attached hydrogen (secondary N) is 1. The van der Waals surface area contributed by atoms with Crippen LogP contribution in [0.3, 0.4) is 0 Å². The molecule has 2 rings (SSSR count). The Balaban J connectivity index is 1.87. The first-order valence-corrected chi connectivity index (χ1v) is 8.79. The van der Waals surface area contributed by atoms with Crippen LogP contribution in [-0.4, -0.2) is 12.7 Å². The molecule has 0 aliphatic heterocycles. The van der Waals surface area contributed by atoms with Crippen molar-refractivity contribution in [2.45, 2.75) is 46.8 Å². The molecule has 2 aromatic rings. The van der Waals surface area contributed by atoms with Gasteiger partial charge in [-0.2, -0.15) is 0 Å². The van der Waals surface area contributed by atoms with E-state index >= 15 is 0 Å². The van der Waals surface area contributed by atoms with E-state index in [1.165, 1.54) is 5.56 Å². The molecule has 1 unspecified atom stereocenters. The molecule has 0 aromatic heterocycles. The van der Waals surface area contributed by atoms with Gasteiger partial charge in [0, 0.05) is 12.2 Å². The fourth-order valence-corrected chi connectivity index (χ4v) is 2.18. The number of rotatable bonds is 9. The van der Waals surface area contributed by atoms with Crippen LogP contribution in [0.5, 0.6) is 11.5 Å². The number of hydrogen-bond acceptors (Lipinski definition) is 3. The summed E-state index contributed by atoms with van der Waals surface area (Å²) in [5.74, 6) is 2.38. The van der Waals surface area contributed by atoms with E-state index in [1.54, 1.807) is 0 Å². The van der Waals surface area contributed by atoms with Crippen LogP contribution in [0.1, 0.15) is 39.7 Å². The van der Waals surface area contributed by atoms with Gasteiger partial charge in [0.2, 0.25) is 0 Å². The van der Waals surface area contributed by atoms with E-state index in [4.69, 9.17) is 9.47 Å². The van der Waals surface area contributed by atoms with Crippen LogP contribution >= 0.6 is 0 Å². The predicted octanol–water partition coefficient (Wildman–Crippen LogP) is 5.51. The Hall–Kier alpha value is -2.16. The van der Waals surface area contributed by atoms with Crippen molar-refractivity contribution in [1.29, 1.82) is 0 Å². The molecule has 3 nitrogen and oxygen atoms in total. The zero-order valence-electron chi connectivity index (χ0n) is 15.2. The zero-order chi connectivity index (χ0) is 17.4. The molecule has 24 heavy (non-hydrogen) atoms. The molecule has 0 saturated heterocycles. The van der Waals surface area contributed by atoms with Crippen LogP contribution in [0.4, 0.5) is 5.69 Å². The fourth-order valence-electron chi connectivity index (χ4n) is 2.18. The molecule has 0 spiro atoms. The van der Waals surface area contributed by atoms with Gasteiger partial charge in [0.15, 0.2) is 0 Å². The third kappa shape index (κ3) is 6.15. The summed E-state index contributed by atoms with van der Waals surface area (Å²) in [5, 5.41) is 3.44. The third-order valence-corrected chi connectivity index (χ3v) is 3.74. The Bertz CT molecular complexity index is 607. The molecular weight excluding hydrogens is 298 g/mol. The molecule has 0 aliphatic carbocycles. The van der Waals surface area contributed by atoms with Crippen LogP contribution in [0.2, 0.25) is 0 Å². The van der Waals surface area contributed by atoms with Gasteiger partial charge >= 0.3 is 0 Å². The molecule has 2 aromatic carbocycles. The minimum absolute atomic E-state index is 0.248. The monoisotopic (exact) mass is 327 g/mol. The maximum absolute atomic E-state index is 5.80. The van der Waals surface area contributed by atoms with E-state index in [1.807, 2.05) is 24.3 Å². The lowest BCUT2D eigenvalue weighted by molar-refractivity contribution is 0.217. The topological polar surface area (TPSA) is 30.5 Å². The molecule has 1 N–H and O–H groups in total. The van der Waals surface area contributed by atoms with Crippen molar-refractivity contribution in [3.63, 3.8) is 0 Å². The first-order chi connectivity index (χ1) is 11.6. The molecule has 0 aliphatic rings. The highest BCUT2D eigenvalue weighted by Crippen LogP contribution is 2.19. The molecule has 0 bridgehead atoms. The average molecular weight is 327 g/mol. The molecular formula is C21H29NO2. The van der Waals surface area contributed by atoms with E-state index in [2.05, 4.69) is 57.3 Å². The van der Waals surface area contributed by atoms with E-state index in [9.17, 15) is 0 Å². The number of hydrogen-bond donors (Lipinski definition) is 1. The van der Waals surface area contributed by atoms with Gasteiger partial charge in [-0.25, -0.2) is 0 Å². The first kappa shape index (κ1) is 18.2. The number of anilines is 1. The maximum atomic E-state index is 5.80. The van der Waals surface area contributed by atoms with Gasteiger partial charge in [0.25, 0.3) is 0 Å². The highest BCUT2D eigenvalue weighted by atomic mass is 16.5. The highest BCUT2D eigenvalue weighted by molar-refractivity contribution is 5.47. The standard InChI is InChI=1S/C21H29NO2/c1-5-17(4)24-20-11-9-19(10-12-20)22-14-18-7-6-8-21(13-18)23-15-16(2)3/h6-13,16-17,22H,5,14-15H2,1-4H3. The van der Waals surface area contributed by atoms with Crippen molar-refractivity contribution < 1.29 is 9.47 Å². The van der Waals surface area contributed by atoms with Crippen molar-refractivity contribution in [3.05, 3.63) is 54.1 Å². The Kier molecular flexibility index (Phi) is 6.98. The summed E-state index contributed by atoms with van der Waals surface area (Å²) in [6, 6.07) is 16.4. The smallest absolute Gasteiger partial charge is 0.119 e. The lowest BCUT2D eigenvalue weighted by atomic mass is 10.2. The van der Waals surface area contributed by atoms with Crippen LogP contribution in [0.25, 0.3) is 0 Å². The number of ether oxygens (including phenoxy) is 2. The summed E-state index contributed by atoms with van der Waals surface area (Å²) in [5.41, 5.74) is 2.29. The van der Waals surface area contributed by atoms with E-state index in [-0.39, 0.29) is 6.10 Å². The summed E-state index contributed by atoms with van der Waals surface area (Å²) in [6.07, 6.45) is 1.26. The predicted molar refractivity (Wildman–Crippen MR) is 101 cm³/mol. The summed E-state index contributed by atoms with van der Waals surface area (Å²) >= 11 is 0. The largest absolute Gasteiger partial charge is 0.493 e. The molecule has 3 heteroatoms. The Morgan fingerprint density at radius 3 is 2.38 bits per heavy atom. The first-order valence-electron chi connectivity index (χ1n) is 8.79. The Morgan fingerprint density at radius 1 is 0.958 bits per heavy atom. The maximum Gasteiger partial charge on any atom is 0.119 e. The second-order valence-corrected chi connectivity index (χ2v) is 6.57. The van der Waals surface area contributed by atoms with Gasteiger partial charge in [-0.15, -0.1) is 0 Å². The molecule has 0 saturated carbocycles. The molecule has 0 amide bonds. The van der Waals surface area contributed by atoms with Crippen molar-refractivity contribution >= 4 is 5.69 Å². The van der Waals surface area contributed by atoms with E-state index < -0.39 is 0 Å². The van der Waals surface area contributed by atoms with Crippen LogP contribution in [0.15, 0.2) is 48.5 Å². The van der Waals surface area contributed by atoms with Crippen LogP contribution in [-0.2, 0) is 6.54 Å². The quantitative estimate of drug-likeness (QED) is 0.658. The van der Waals surface area contributed by atoms with Gasteiger partial charge in [0.1, 0.15) is 11.5 Å². The molecule has 0 heterocycles. The van der Waals surface area contributed by atoms with Crippen molar-refractivity contribution in [3.8, 4) is 11.5 Å². The van der Waals surface area contributed by atoms with Crippen molar-refractivity contribution in [1.82, 2.24) is 0 Å². The SMILES string of the molecule is CCC(C)Oc1ccc(NCc2cccc(OCC(C)C)c2)cc1. The Morgan fingerprint density at radius 2 is 1.71 bits per heavy atom. The van der Waals surface area contributed by atoms with Gasteiger partial charge in [-0.1, -0.05) is 32.9 Å². The summed E-state index contributed by atoms with van der Waals surface area (Å²) in [7, 11) is 0. The molecule has 0 radical (unpaired) electrons. The highest BCUT2D eigenvalue weighted by Gasteiger charge is 2.02. The second-order valence-electron chi connectivity index (χ2n) is 6.57. The van der Waals surface area contributed by atoms with Gasteiger partial charge in [-0.3, -0.25) is 0 Å². The molecule has 1 atom stereocenters. The normalized spacial score (nSPS) is 12.0. The van der Waals surface area contributed by atoms with E-state index in [0.29, 0.717) is 5.92 Å². The lowest BCUT2D eigenvalue weighted by Crippen LogP contribution is -2.09. The van der Waals surface area contributed by atoms with Gasteiger partial charge in [-0.05, 0) is 61.2 Å². The molecule has 130 valence electrons. The minimum Gasteiger partial charge on any atom is -0.493 e. The van der Waals surface area contributed by atoms with Crippen molar-refractivity contribution in [2.24, 2.45) is 5.92 Å². The summed E-state index contributed by atoms with van der Waals surface area (Å²) in [6.45, 7) is 10.0. The molecule has 0 fully saturated rings. The fraction of sp³-hybridized carbons (Fsp3) is 0.429. The van der Waals surface area contributed by atoms with Gasteiger partial charge < -0.3 is 14.8 Å². The lowest BCUT2D eigenvalue weighted by Gasteiger charge is -2.13. The van der Waals surface area contributed by atoms with Gasteiger partial charge in [0.05, 0.1) is 12.7 Å². The summed E-state index contributed by atoms with van der Waals surface area (Å²) < 4.78 is 11.6. The second kappa shape index (κ2) is 9.21. The number of benzene rings is 2.